The molecule has 0 bridgehead atoms. The van der Waals surface area contributed by atoms with Gasteiger partial charge in [-0.1, -0.05) is 0 Å². The van der Waals surface area contributed by atoms with Crippen molar-refractivity contribution in [2.45, 2.75) is 13.5 Å². The molecule has 0 fully saturated rings. The molecule has 0 amide bonds. The molecule has 7 nitrogen and oxygen atoms in total. The van der Waals surface area contributed by atoms with E-state index in [1.807, 2.05) is 5.10 Å². The third kappa shape index (κ3) is 2.28. The number of ether oxygens (including phenoxy) is 1. The third-order valence-corrected chi connectivity index (χ3v) is 1.36. The van der Waals surface area contributed by atoms with Crippen LogP contribution < -0.4 is 11.1 Å². The second kappa shape index (κ2) is 4.35. The lowest BCUT2D eigenvalue weighted by atomic mass is 10.6. The zero-order valence-electron chi connectivity index (χ0n) is 7.44. The molecule has 1 radical (unpaired) electrons. The predicted molar refractivity (Wildman–Crippen MR) is 44.6 cm³/mol. The summed E-state index contributed by atoms with van der Waals surface area (Å²) in [7, 11) is 0. The zero-order chi connectivity index (χ0) is 10.6. The molecule has 0 saturated heterocycles. The lowest BCUT2D eigenvalue weighted by Gasteiger charge is -2.01. The molecule has 0 aliphatic heterocycles. The first-order valence-electron chi connectivity index (χ1n) is 3.88. The summed E-state index contributed by atoms with van der Waals surface area (Å²) in [6, 6.07) is 0. The van der Waals surface area contributed by atoms with Crippen LogP contribution in [0.4, 0.5) is 0 Å². The number of carbonyl (C=O) groups is 1. The van der Waals surface area contributed by atoms with Gasteiger partial charge in [-0.2, -0.15) is 5.10 Å². The highest BCUT2D eigenvalue weighted by Gasteiger charge is 2.07. The van der Waals surface area contributed by atoms with E-state index in [4.69, 9.17) is 0 Å². The number of nitrogens with one attached hydrogen (secondary N) is 1. The van der Waals surface area contributed by atoms with E-state index in [2.05, 4.69) is 16.2 Å². The number of H-pyrrole nitrogens is 1. The van der Waals surface area contributed by atoms with Crippen LogP contribution in [0.25, 0.3) is 0 Å². The lowest BCUT2D eigenvalue weighted by molar-refractivity contribution is -0.143. The number of aromatic amines is 1. The highest BCUT2D eigenvalue weighted by molar-refractivity contribution is 5.68. The van der Waals surface area contributed by atoms with Crippen LogP contribution in [0.15, 0.2) is 9.59 Å². The van der Waals surface area contributed by atoms with E-state index in [-0.39, 0.29) is 13.2 Å². The summed E-state index contributed by atoms with van der Waals surface area (Å²) in [5.74, 6) is -0.613. The van der Waals surface area contributed by atoms with Gasteiger partial charge in [-0.25, -0.2) is 5.10 Å². The fourth-order valence-electron chi connectivity index (χ4n) is 0.795. The summed E-state index contributed by atoms with van der Waals surface area (Å²) < 4.78 is 5.34. The second-order valence-electron chi connectivity index (χ2n) is 2.35. The van der Waals surface area contributed by atoms with Gasteiger partial charge in [0.15, 0.2) is 0 Å². The molecule has 0 aromatic carbocycles. The molecule has 0 atom stereocenters. The van der Waals surface area contributed by atoms with Crippen LogP contribution in [-0.4, -0.2) is 27.3 Å². The highest BCUT2D eigenvalue weighted by atomic mass is 16.5. The number of aromatic nitrogens is 3. The summed E-state index contributed by atoms with van der Waals surface area (Å²) in [5.41, 5.74) is -1.78. The van der Waals surface area contributed by atoms with Crippen molar-refractivity contribution in [3.8, 4) is 0 Å². The van der Waals surface area contributed by atoms with Crippen molar-refractivity contribution < 1.29 is 9.53 Å². The van der Waals surface area contributed by atoms with E-state index >= 15 is 0 Å². The van der Waals surface area contributed by atoms with Crippen molar-refractivity contribution in [2.24, 2.45) is 0 Å². The molecule has 1 N–H and O–H groups in total. The minimum absolute atomic E-state index is 0.213. The molecule has 7 heteroatoms. The van der Waals surface area contributed by atoms with Crippen LogP contribution in [0.1, 0.15) is 6.92 Å². The molecule has 1 aromatic heterocycles. The Labute approximate surface area is 78.3 Å². The minimum atomic E-state index is -0.895. The number of carbonyl (C=O) groups excluding carboxylic acids is 1. The monoisotopic (exact) mass is 198 g/mol. The van der Waals surface area contributed by atoms with Crippen molar-refractivity contribution in [3.63, 3.8) is 0 Å². The molecular weight excluding hydrogens is 190 g/mol. The van der Waals surface area contributed by atoms with Gasteiger partial charge in [-0.3, -0.25) is 19.0 Å². The second-order valence-corrected chi connectivity index (χ2v) is 2.35. The molecular formula is C7H8N3O4. The molecule has 0 aliphatic rings. The van der Waals surface area contributed by atoms with Crippen LogP contribution in [0, 0.1) is 6.33 Å². The van der Waals surface area contributed by atoms with Crippen LogP contribution in [0.5, 0.6) is 0 Å². The van der Waals surface area contributed by atoms with Gasteiger partial charge >= 0.3 is 17.1 Å². The molecule has 0 unspecified atom stereocenters. The molecule has 14 heavy (non-hydrogen) atoms. The number of nitrogens with zero attached hydrogens (tertiary/aromatic N) is 2. The molecule has 75 valence electrons. The number of hydrogen-bond donors (Lipinski definition) is 1. The van der Waals surface area contributed by atoms with Crippen LogP contribution in [0.2, 0.25) is 0 Å². The van der Waals surface area contributed by atoms with Gasteiger partial charge in [-0.05, 0) is 6.92 Å². The van der Waals surface area contributed by atoms with E-state index in [1.54, 1.807) is 6.92 Å². The molecule has 0 aliphatic carbocycles. The number of rotatable bonds is 3. The maximum Gasteiger partial charge on any atom is 0.330 e. The Morgan fingerprint density at radius 2 is 2.36 bits per heavy atom. The Balaban J connectivity index is 2.88. The smallest absolute Gasteiger partial charge is 0.330 e. The first kappa shape index (κ1) is 10.2. The summed E-state index contributed by atoms with van der Waals surface area (Å²) in [4.78, 5) is 32.7. The number of hydrogen-bond acceptors (Lipinski definition) is 5. The van der Waals surface area contributed by atoms with E-state index in [1.165, 1.54) is 0 Å². The Kier molecular flexibility index (Phi) is 3.16. The van der Waals surface area contributed by atoms with Crippen molar-refractivity contribution in [1.29, 1.82) is 0 Å². The largest absolute Gasteiger partial charge is 0.465 e. The average molecular weight is 198 g/mol. The normalized spacial score (nSPS) is 9.79. The zero-order valence-corrected chi connectivity index (χ0v) is 7.44. The average Bonchev–Trinajstić information content (AvgIpc) is 2.13. The quantitative estimate of drug-likeness (QED) is 0.461. The van der Waals surface area contributed by atoms with Gasteiger partial charge in [0, 0.05) is 0 Å². The van der Waals surface area contributed by atoms with Crippen molar-refractivity contribution in [3.05, 3.63) is 27.0 Å². The minimum Gasteiger partial charge on any atom is -0.465 e. The van der Waals surface area contributed by atoms with Crippen molar-refractivity contribution >= 4 is 5.97 Å². The topological polar surface area (TPSA) is 94.1 Å². The van der Waals surface area contributed by atoms with E-state index < -0.39 is 17.1 Å². The standard InChI is InChI=1S/C7H8N3O4/c1-2-14-5(11)3-10-4-8-9-6(12)7(10)13/h2-3H2,1H3,(H,9,12). The SMILES string of the molecule is CCOC(=O)Cn1[c]n[nH]c(=O)c1=O. The van der Waals surface area contributed by atoms with E-state index in [0.29, 0.717) is 0 Å². The maximum atomic E-state index is 11.0. The molecule has 1 aromatic rings. The Hall–Kier alpha value is -1.92. The number of esters is 1. The van der Waals surface area contributed by atoms with Crippen LogP contribution in [0.3, 0.4) is 0 Å². The Morgan fingerprint density at radius 3 is 3.00 bits per heavy atom. The van der Waals surface area contributed by atoms with E-state index in [0.717, 1.165) is 4.57 Å². The van der Waals surface area contributed by atoms with Crippen LogP contribution >= 0.6 is 0 Å². The third-order valence-electron chi connectivity index (χ3n) is 1.36. The molecule has 1 rings (SSSR count). The van der Waals surface area contributed by atoms with Gasteiger partial charge in [-0.15, -0.1) is 0 Å². The first-order chi connectivity index (χ1) is 6.65. The summed E-state index contributed by atoms with van der Waals surface area (Å²) >= 11 is 0. The molecule has 0 spiro atoms. The summed E-state index contributed by atoms with van der Waals surface area (Å²) in [6.45, 7) is 1.49. The maximum absolute atomic E-state index is 11.0. The van der Waals surface area contributed by atoms with Crippen molar-refractivity contribution in [1.82, 2.24) is 14.8 Å². The van der Waals surface area contributed by atoms with E-state index in [9.17, 15) is 14.4 Å². The van der Waals surface area contributed by atoms with Gasteiger partial charge in [0.05, 0.1) is 6.61 Å². The lowest BCUT2D eigenvalue weighted by Crippen LogP contribution is -2.38. The van der Waals surface area contributed by atoms with Gasteiger partial charge in [0.1, 0.15) is 6.54 Å². The Bertz CT molecular complexity index is 433. The fraction of sp³-hybridized carbons (Fsp3) is 0.429. The van der Waals surface area contributed by atoms with Crippen molar-refractivity contribution in [2.75, 3.05) is 6.61 Å². The first-order valence-corrected chi connectivity index (χ1v) is 3.88. The molecule has 0 saturated carbocycles. The van der Waals surface area contributed by atoms with Gasteiger partial charge in [0.2, 0.25) is 6.33 Å². The van der Waals surface area contributed by atoms with Gasteiger partial charge < -0.3 is 4.74 Å². The fourth-order valence-corrected chi connectivity index (χ4v) is 0.795. The summed E-state index contributed by atoms with van der Waals surface area (Å²) in [6.07, 6.45) is 2.16. The molecule has 1 heterocycles. The highest BCUT2D eigenvalue weighted by Crippen LogP contribution is 1.80. The van der Waals surface area contributed by atoms with Gasteiger partial charge in [0.25, 0.3) is 0 Å². The summed E-state index contributed by atoms with van der Waals surface area (Å²) in [5, 5.41) is 5.15. The van der Waals surface area contributed by atoms with Crippen LogP contribution in [-0.2, 0) is 16.1 Å². The Morgan fingerprint density at radius 1 is 1.64 bits per heavy atom. The predicted octanol–water partition coefficient (Wildman–Crippen LogP) is -1.71.